The van der Waals surface area contributed by atoms with Crippen molar-refractivity contribution in [1.29, 1.82) is 0 Å². The summed E-state index contributed by atoms with van der Waals surface area (Å²) in [5.74, 6) is 0.854. The maximum atomic E-state index is 11.6. The highest BCUT2D eigenvalue weighted by Gasteiger charge is 2.28. The van der Waals surface area contributed by atoms with Gasteiger partial charge in [0.05, 0.1) is 23.3 Å². The molecule has 160 valence electrons. The van der Waals surface area contributed by atoms with E-state index in [-0.39, 0.29) is 0 Å². The third kappa shape index (κ3) is 3.94. The van der Waals surface area contributed by atoms with Crippen LogP contribution in [0.1, 0.15) is 26.7 Å². The lowest BCUT2D eigenvalue weighted by atomic mass is 10.1. The molecule has 0 aliphatic carbocycles. The van der Waals surface area contributed by atoms with Crippen molar-refractivity contribution in [2.45, 2.75) is 32.7 Å². The van der Waals surface area contributed by atoms with E-state index in [4.69, 9.17) is 4.98 Å². The number of anilines is 4. The third-order valence-corrected chi connectivity index (χ3v) is 6.39. The maximum Gasteiger partial charge on any atom is 0.411 e. The van der Waals surface area contributed by atoms with E-state index in [1.807, 2.05) is 30.5 Å². The number of aromatic nitrogens is 1. The molecule has 0 bridgehead atoms. The van der Waals surface area contributed by atoms with Crippen LogP contribution in [0.2, 0.25) is 0 Å². The van der Waals surface area contributed by atoms with E-state index < -0.39 is 6.09 Å². The van der Waals surface area contributed by atoms with Gasteiger partial charge in [-0.3, -0.25) is 9.80 Å². The second kappa shape index (κ2) is 8.92. The van der Waals surface area contributed by atoms with Crippen LogP contribution in [0, 0.1) is 0 Å². The van der Waals surface area contributed by atoms with Gasteiger partial charge in [-0.1, -0.05) is 26.0 Å². The van der Waals surface area contributed by atoms with E-state index in [0.717, 1.165) is 43.4 Å². The van der Waals surface area contributed by atoms with Crippen LogP contribution in [0.4, 0.5) is 27.7 Å². The Balaban J connectivity index is 1.47. The molecule has 2 aromatic rings. The number of pyridine rings is 1. The van der Waals surface area contributed by atoms with Crippen molar-refractivity contribution in [3.8, 4) is 0 Å². The number of hydrogen-bond donors (Lipinski definition) is 1. The monoisotopic (exact) mass is 409 g/mol. The minimum Gasteiger partial charge on any atom is -0.465 e. The summed E-state index contributed by atoms with van der Waals surface area (Å²) in [5.41, 5.74) is 2.74. The predicted octanol–water partition coefficient (Wildman–Crippen LogP) is 4.03. The summed E-state index contributed by atoms with van der Waals surface area (Å²) in [6, 6.07) is 12.5. The van der Waals surface area contributed by atoms with Crippen LogP contribution in [0.15, 0.2) is 42.6 Å². The molecule has 1 amide bonds. The lowest BCUT2D eigenvalue weighted by Gasteiger charge is -2.40. The van der Waals surface area contributed by atoms with Crippen molar-refractivity contribution in [2.24, 2.45) is 0 Å². The standard InChI is InChI=1S/C23H31N5O2/c1-3-18(4-2)25-11-13-26(14-12-25)19-9-10-22(24-17-19)27-15-16-28(23(29)30)21-8-6-5-7-20(21)27/h5-10,17-18H,3-4,11-16H2,1-2H3,(H,29,30). The lowest BCUT2D eigenvalue weighted by Crippen LogP contribution is -2.50. The Morgan fingerprint density at radius 1 is 0.967 bits per heavy atom. The van der Waals surface area contributed by atoms with Crippen molar-refractivity contribution < 1.29 is 9.90 Å². The fourth-order valence-electron chi connectivity index (χ4n) is 4.67. The van der Waals surface area contributed by atoms with Gasteiger partial charge in [-0.2, -0.15) is 0 Å². The van der Waals surface area contributed by atoms with Gasteiger partial charge in [0.1, 0.15) is 5.82 Å². The average Bonchev–Trinajstić information content (AvgIpc) is 2.79. The molecular weight excluding hydrogens is 378 g/mol. The van der Waals surface area contributed by atoms with Gasteiger partial charge >= 0.3 is 6.09 Å². The van der Waals surface area contributed by atoms with Gasteiger partial charge in [0.2, 0.25) is 0 Å². The average molecular weight is 410 g/mol. The molecule has 30 heavy (non-hydrogen) atoms. The third-order valence-electron chi connectivity index (χ3n) is 6.39. The molecular formula is C23H31N5O2. The van der Waals surface area contributed by atoms with Crippen LogP contribution < -0.4 is 14.7 Å². The normalized spacial score (nSPS) is 17.4. The van der Waals surface area contributed by atoms with Gasteiger partial charge in [-0.25, -0.2) is 9.78 Å². The first-order valence-corrected chi connectivity index (χ1v) is 10.9. The van der Waals surface area contributed by atoms with Crippen LogP contribution >= 0.6 is 0 Å². The first-order valence-electron chi connectivity index (χ1n) is 10.9. The Kier molecular flexibility index (Phi) is 6.08. The summed E-state index contributed by atoms with van der Waals surface area (Å²) in [7, 11) is 0. The molecule has 1 aromatic carbocycles. The fraction of sp³-hybridized carbons (Fsp3) is 0.478. The molecule has 4 rings (SSSR count). The topological polar surface area (TPSA) is 63.2 Å². The largest absolute Gasteiger partial charge is 0.465 e. The first kappa shape index (κ1) is 20.5. The SMILES string of the molecule is CCC(CC)N1CCN(c2ccc(N3CCN(C(=O)O)c4ccccc43)nc2)CC1. The van der Waals surface area contributed by atoms with Crippen molar-refractivity contribution in [3.63, 3.8) is 0 Å². The number of piperazine rings is 1. The first-order chi connectivity index (χ1) is 14.6. The molecule has 0 unspecified atom stereocenters. The van der Waals surface area contributed by atoms with Gasteiger partial charge in [0.25, 0.3) is 0 Å². The van der Waals surface area contributed by atoms with Gasteiger partial charge in [-0.05, 0) is 37.1 Å². The number of carbonyl (C=O) groups is 1. The summed E-state index contributed by atoms with van der Waals surface area (Å²) in [6.07, 6.45) is 3.46. The Labute approximate surface area is 178 Å². The molecule has 0 spiro atoms. The highest BCUT2D eigenvalue weighted by molar-refractivity contribution is 5.93. The maximum absolute atomic E-state index is 11.6. The van der Waals surface area contributed by atoms with E-state index >= 15 is 0 Å². The number of fused-ring (bicyclic) bond motifs is 1. The second-order valence-electron chi connectivity index (χ2n) is 7.94. The van der Waals surface area contributed by atoms with Crippen LogP contribution in [0.5, 0.6) is 0 Å². The summed E-state index contributed by atoms with van der Waals surface area (Å²) in [4.78, 5) is 24.8. The Morgan fingerprint density at radius 2 is 1.67 bits per heavy atom. The van der Waals surface area contributed by atoms with Crippen LogP contribution in [0.3, 0.4) is 0 Å². The lowest BCUT2D eigenvalue weighted by molar-refractivity contribution is 0.175. The molecule has 1 saturated heterocycles. The molecule has 1 fully saturated rings. The summed E-state index contributed by atoms with van der Waals surface area (Å²) < 4.78 is 0. The van der Waals surface area contributed by atoms with E-state index in [0.29, 0.717) is 24.8 Å². The smallest absolute Gasteiger partial charge is 0.411 e. The van der Waals surface area contributed by atoms with Crippen molar-refractivity contribution in [2.75, 3.05) is 54.0 Å². The zero-order chi connectivity index (χ0) is 21.1. The summed E-state index contributed by atoms with van der Waals surface area (Å²) in [6.45, 7) is 9.80. The van der Waals surface area contributed by atoms with E-state index in [2.05, 4.69) is 40.7 Å². The molecule has 0 radical (unpaired) electrons. The van der Waals surface area contributed by atoms with Gasteiger partial charge < -0.3 is 14.9 Å². The molecule has 1 aromatic heterocycles. The number of rotatable bonds is 5. The fourth-order valence-corrected chi connectivity index (χ4v) is 4.67. The minimum absolute atomic E-state index is 0.424. The Bertz CT molecular complexity index is 860. The number of nitrogens with zero attached hydrogens (tertiary/aromatic N) is 5. The van der Waals surface area contributed by atoms with E-state index in [1.165, 1.54) is 17.7 Å². The Morgan fingerprint density at radius 3 is 2.27 bits per heavy atom. The zero-order valence-electron chi connectivity index (χ0n) is 17.9. The van der Waals surface area contributed by atoms with Crippen LogP contribution in [-0.4, -0.2) is 66.4 Å². The van der Waals surface area contributed by atoms with Crippen molar-refractivity contribution >= 4 is 29.0 Å². The molecule has 2 aliphatic rings. The number of benzene rings is 1. The van der Waals surface area contributed by atoms with Gasteiger partial charge in [0, 0.05) is 45.3 Å². The van der Waals surface area contributed by atoms with Crippen molar-refractivity contribution in [1.82, 2.24) is 9.88 Å². The zero-order valence-corrected chi connectivity index (χ0v) is 17.9. The number of amides is 1. The Hall–Kier alpha value is -2.80. The highest BCUT2D eigenvalue weighted by Crippen LogP contribution is 2.37. The summed E-state index contributed by atoms with van der Waals surface area (Å²) >= 11 is 0. The number of carboxylic acid groups (broad SMARTS) is 1. The number of hydrogen-bond acceptors (Lipinski definition) is 5. The molecule has 1 N–H and O–H groups in total. The van der Waals surface area contributed by atoms with Crippen molar-refractivity contribution in [3.05, 3.63) is 42.6 Å². The van der Waals surface area contributed by atoms with Gasteiger partial charge in [0.15, 0.2) is 0 Å². The molecule has 2 aliphatic heterocycles. The second-order valence-corrected chi connectivity index (χ2v) is 7.94. The quantitative estimate of drug-likeness (QED) is 0.805. The molecule has 0 atom stereocenters. The molecule has 0 saturated carbocycles. The minimum atomic E-state index is -0.919. The molecule has 7 heteroatoms. The van der Waals surface area contributed by atoms with Crippen LogP contribution in [-0.2, 0) is 0 Å². The molecule has 3 heterocycles. The highest BCUT2D eigenvalue weighted by atomic mass is 16.4. The summed E-state index contributed by atoms with van der Waals surface area (Å²) in [5, 5.41) is 9.49. The number of para-hydroxylation sites is 2. The predicted molar refractivity (Wildman–Crippen MR) is 121 cm³/mol. The van der Waals surface area contributed by atoms with E-state index in [1.54, 1.807) is 0 Å². The van der Waals surface area contributed by atoms with E-state index in [9.17, 15) is 9.90 Å². The van der Waals surface area contributed by atoms with Gasteiger partial charge in [-0.15, -0.1) is 0 Å². The van der Waals surface area contributed by atoms with Crippen LogP contribution in [0.25, 0.3) is 0 Å². The molecule has 7 nitrogen and oxygen atoms in total.